The van der Waals surface area contributed by atoms with E-state index in [1.807, 2.05) is 23.1 Å². The van der Waals surface area contributed by atoms with Gasteiger partial charge < -0.3 is 9.88 Å². The summed E-state index contributed by atoms with van der Waals surface area (Å²) in [5, 5.41) is 0. The van der Waals surface area contributed by atoms with Gasteiger partial charge in [-0.2, -0.15) is 0 Å². The number of rotatable bonds is 4. The van der Waals surface area contributed by atoms with Gasteiger partial charge in [-0.1, -0.05) is 6.07 Å². The van der Waals surface area contributed by atoms with Gasteiger partial charge in [-0.3, -0.25) is 19.5 Å². The SMILES string of the molecule is O=C(CN1CCCC1)N1CCC[C@@H]1c1nc(-c2ccccn2)cc(=O)[nH]1. The predicted octanol–water partition coefficient (Wildman–Crippen LogP) is 1.59. The Bertz CT molecular complexity index is 829. The molecule has 2 aliphatic heterocycles. The molecule has 7 heteroatoms. The summed E-state index contributed by atoms with van der Waals surface area (Å²) in [6, 6.07) is 6.81. The zero-order chi connectivity index (χ0) is 17.9. The van der Waals surface area contributed by atoms with Gasteiger partial charge in [0.25, 0.3) is 5.56 Å². The summed E-state index contributed by atoms with van der Waals surface area (Å²) in [6.45, 7) is 3.17. The monoisotopic (exact) mass is 353 g/mol. The normalized spacial score (nSPS) is 20.6. The molecule has 0 spiro atoms. The fourth-order valence-corrected chi connectivity index (χ4v) is 3.85. The van der Waals surface area contributed by atoms with Crippen LogP contribution >= 0.6 is 0 Å². The fraction of sp³-hybridized carbons (Fsp3) is 0.474. The average Bonchev–Trinajstić information content (AvgIpc) is 3.33. The number of nitrogens with zero attached hydrogens (tertiary/aromatic N) is 4. The average molecular weight is 353 g/mol. The molecule has 2 aromatic heterocycles. The highest BCUT2D eigenvalue weighted by Gasteiger charge is 2.33. The third-order valence-corrected chi connectivity index (χ3v) is 5.13. The molecule has 1 N–H and O–H groups in total. The first-order valence-electron chi connectivity index (χ1n) is 9.25. The quantitative estimate of drug-likeness (QED) is 0.903. The number of amides is 1. The molecule has 0 aliphatic carbocycles. The molecule has 136 valence electrons. The Hall–Kier alpha value is -2.54. The maximum Gasteiger partial charge on any atom is 0.251 e. The Kier molecular flexibility index (Phi) is 4.79. The molecular formula is C19H23N5O2. The summed E-state index contributed by atoms with van der Waals surface area (Å²) in [4.78, 5) is 40.8. The number of H-pyrrole nitrogens is 1. The number of hydrogen-bond donors (Lipinski definition) is 1. The van der Waals surface area contributed by atoms with E-state index in [1.54, 1.807) is 6.20 Å². The van der Waals surface area contributed by atoms with Crippen molar-refractivity contribution >= 4 is 5.91 Å². The van der Waals surface area contributed by atoms with Crippen LogP contribution in [-0.4, -0.2) is 56.8 Å². The number of hydrogen-bond acceptors (Lipinski definition) is 5. The summed E-state index contributed by atoms with van der Waals surface area (Å²) in [5.41, 5.74) is 0.991. The molecule has 2 saturated heterocycles. The third kappa shape index (κ3) is 3.53. The van der Waals surface area contributed by atoms with Crippen molar-refractivity contribution in [2.45, 2.75) is 31.7 Å². The highest BCUT2D eigenvalue weighted by Crippen LogP contribution is 2.30. The highest BCUT2D eigenvalue weighted by atomic mass is 16.2. The molecule has 26 heavy (non-hydrogen) atoms. The minimum atomic E-state index is -0.213. The number of pyridine rings is 1. The minimum Gasteiger partial charge on any atom is -0.331 e. The maximum absolute atomic E-state index is 12.8. The Morgan fingerprint density at radius 1 is 1.15 bits per heavy atom. The van der Waals surface area contributed by atoms with Crippen LogP contribution in [0.1, 0.15) is 37.5 Å². The van der Waals surface area contributed by atoms with E-state index in [0.29, 0.717) is 23.8 Å². The van der Waals surface area contributed by atoms with Crippen molar-refractivity contribution in [1.29, 1.82) is 0 Å². The zero-order valence-electron chi connectivity index (χ0n) is 14.7. The lowest BCUT2D eigenvalue weighted by atomic mass is 10.2. The van der Waals surface area contributed by atoms with Crippen molar-refractivity contribution in [1.82, 2.24) is 24.8 Å². The molecule has 0 aromatic carbocycles. The summed E-state index contributed by atoms with van der Waals surface area (Å²) in [5.74, 6) is 0.686. The molecule has 2 aliphatic rings. The second-order valence-electron chi connectivity index (χ2n) is 6.96. The first-order chi connectivity index (χ1) is 12.7. The smallest absolute Gasteiger partial charge is 0.251 e. The molecular weight excluding hydrogens is 330 g/mol. The van der Waals surface area contributed by atoms with Gasteiger partial charge in [0, 0.05) is 18.8 Å². The van der Waals surface area contributed by atoms with E-state index in [9.17, 15) is 9.59 Å². The van der Waals surface area contributed by atoms with Crippen LogP contribution in [0.4, 0.5) is 0 Å². The van der Waals surface area contributed by atoms with Crippen molar-refractivity contribution in [3.05, 3.63) is 46.6 Å². The number of aromatic nitrogens is 3. The van der Waals surface area contributed by atoms with Crippen LogP contribution in [0.3, 0.4) is 0 Å². The van der Waals surface area contributed by atoms with Crippen LogP contribution in [0.25, 0.3) is 11.4 Å². The highest BCUT2D eigenvalue weighted by molar-refractivity contribution is 5.79. The fourth-order valence-electron chi connectivity index (χ4n) is 3.85. The van der Waals surface area contributed by atoms with Crippen molar-refractivity contribution in [3.8, 4) is 11.4 Å². The largest absolute Gasteiger partial charge is 0.331 e. The number of aromatic amines is 1. The molecule has 0 bridgehead atoms. The molecule has 0 saturated carbocycles. The van der Waals surface area contributed by atoms with E-state index >= 15 is 0 Å². The third-order valence-electron chi connectivity index (χ3n) is 5.13. The maximum atomic E-state index is 12.8. The first-order valence-corrected chi connectivity index (χ1v) is 9.25. The van der Waals surface area contributed by atoms with Gasteiger partial charge in [0.15, 0.2) is 0 Å². The standard InChI is InChI=1S/C19H23N5O2/c25-17-12-15(14-6-1-2-8-20-14)21-19(22-17)16-7-5-11-24(16)18(26)13-23-9-3-4-10-23/h1-2,6,8,12,16H,3-5,7,9-11,13H2,(H,21,22,25)/t16-/m1/s1. The van der Waals surface area contributed by atoms with Crippen molar-refractivity contribution in [3.63, 3.8) is 0 Å². The van der Waals surface area contributed by atoms with E-state index in [1.165, 1.54) is 6.07 Å². The molecule has 4 heterocycles. The van der Waals surface area contributed by atoms with Crippen molar-refractivity contribution in [2.75, 3.05) is 26.2 Å². The number of likely N-dealkylation sites (tertiary alicyclic amines) is 2. The summed E-state index contributed by atoms with van der Waals surface area (Å²) in [6.07, 6.45) is 5.75. The van der Waals surface area contributed by atoms with Gasteiger partial charge in [0.1, 0.15) is 5.82 Å². The van der Waals surface area contributed by atoms with Crippen LogP contribution in [0, 0.1) is 0 Å². The molecule has 1 amide bonds. The van der Waals surface area contributed by atoms with Crippen LogP contribution in [0.5, 0.6) is 0 Å². The van der Waals surface area contributed by atoms with Gasteiger partial charge >= 0.3 is 0 Å². The van der Waals surface area contributed by atoms with Crippen molar-refractivity contribution in [2.24, 2.45) is 0 Å². The molecule has 4 rings (SSSR count). The molecule has 0 unspecified atom stereocenters. The van der Waals surface area contributed by atoms with E-state index in [-0.39, 0.29) is 17.5 Å². The van der Waals surface area contributed by atoms with Gasteiger partial charge in [0.05, 0.1) is 24.0 Å². The van der Waals surface area contributed by atoms with Gasteiger partial charge in [-0.05, 0) is 50.9 Å². The van der Waals surface area contributed by atoms with Gasteiger partial charge in [0.2, 0.25) is 5.91 Å². The number of carbonyl (C=O) groups is 1. The molecule has 2 fully saturated rings. The van der Waals surface area contributed by atoms with Crippen LogP contribution in [0.2, 0.25) is 0 Å². The van der Waals surface area contributed by atoms with Gasteiger partial charge in [-0.25, -0.2) is 4.98 Å². The van der Waals surface area contributed by atoms with Crippen LogP contribution < -0.4 is 5.56 Å². The van der Waals surface area contributed by atoms with E-state index in [4.69, 9.17) is 0 Å². The summed E-state index contributed by atoms with van der Waals surface area (Å²) < 4.78 is 0. The first kappa shape index (κ1) is 16.9. The molecule has 0 radical (unpaired) electrons. The lowest BCUT2D eigenvalue weighted by Crippen LogP contribution is -2.39. The van der Waals surface area contributed by atoms with E-state index < -0.39 is 0 Å². The number of nitrogens with one attached hydrogen (secondary N) is 1. The lowest BCUT2D eigenvalue weighted by Gasteiger charge is -2.26. The van der Waals surface area contributed by atoms with E-state index in [0.717, 1.165) is 45.3 Å². The molecule has 1 atom stereocenters. The Labute approximate surface area is 152 Å². The summed E-state index contributed by atoms with van der Waals surface area (Å²) in [7, 11) is 0. The lowest BCUT2D eigenvalue weighted by molar-refractivity contribution is -0.133. The second kappa shape index (κ2) is 7.37. The molecule has 2 aromatic rings. The predicted molar refractivity (Wildman–Crippen MR) is 97.5 cm³/mol. The van der Waals surface area contributed by atoms with E-state index in [2.05, 4.69) is 19.9 Å². The Balaban J connectivity index is 1.58. The Morgan fingerprint density at radius 3 is 2.77 bits per heavy atom. The van der Waals surface area contributed by atoms with Gasteiger partial charge in [-0.15, -0.1) is 0 Å². The molecule has 7 nitrogen and oxygen atoms in total. The second-order valence-corrected chi connectivity index (χ2v) is 6.96. The zero-order valence-corrected chi connectivity index (χ0v) is 14.7. The van der Waals surface area contributed by atoms with Crippen LogP contribution in [0.15, 0.2) is 35.3 Å². The topological polar surface area (TPSA) is 82.2 Å². The number of carbonyl (C=O) groups excluding carboxylic acids is 1. The van der Waals surface area contributed by atoms with Crippen LogP contribution in [-0.2, 0) is 4.79 Å². The Morgan fingerprint density at radius 2 is 2.00 bits per heavy atom. The summed E-state index contributed by atoms with van der Waals surface area (Å²) >= 11 is 0. The van der Waals surface area contributed by atoms with Crippen molar-refractivity contribution < 1.29 is 4.79 Å². The minimum absolute atomic E-state index is 0.125.